The molecule has 0 fully saturated rings. The Labute approximate surface area is 76.3 Å². The van der Waals surface area contributed by atoms with Crippen molar-refractivity contribution in [2.24, 2.45) is 0 Å². The molecule has 1 aliphatic heterocycles. The second kappa shape index (κ2) is 3.35. The highest BCUT2D eigenvalue weighted by Crippen LogP contribution is 2.29. The molecule has 0 atom stereocenters. The standard InChI is InChI=1S/C9H11NOS/c1-11-8-5-4-7-3-2-6-12-9(7)10-8/h4-5H,2-3,6H2,1H3. The van der Waals surface area contributed by atoms with Gasteiger partial charge in [0.05, 0.1) is 7.11 Å². The molecular formula is C9H11NOS. The van der Waals surface area contributed by atoms with E-state index in [0.29, 0.717) is 0 Å². The summed E-state index contributed by atoms with van der Waals surface area (Å²) in [5.74, 6) is 1.91. The van der Waals surface area contributed by atoms with Gasteiger partial charge in [-0.05, 0) is 24.2 Å². The van der Waals surface area contributed by atoms with E-state index in [1.54, 1.807) is 7.11 Å². The normalized spacial score (nSPS) is 15.4. The number of nitrogens with zero attached hydrogens (tertiary/aromatic N) is 1. The summed E-state index contributed by atoms with van der Waals surface area (Å²) in [7, 11) is 1.65. The van der Waals surface area contributed by atoms with Crippen molar-refractivity contribution in [3.63, 3.8) is 0 Å². The second-order valence-corrected chi connectivity index (χ2v) is 3.85. The summed E-state index contributed by atoms with van der Waals surface area (Å²) in [6.45, 7) is 0. The van der Waals surface area contributed by atoms with Crippen LogP contribution < -0.4 is 4.74 Å². The molecule has 2 heterocycles. The van der Waals surface area contributed by atoms with Gasteiger partial charge in [0.2, 0.25) is 5.88 Å². The average Bonchev–Trinajstić information content (AvgIpc) is 2.17. The molecule has 0 amide bonds. The molecule has 2 rings (SSSR count). The lowest BCUT2D eigenvalue weighted by Gasteiger charge is -2.13. The molecule has 0 radical (unpaired) electrons. The van der Waals surface area contributed by atoms with Crippen molar-refractivity contribution in [2.45, 2.75) is 17.9 Å². The third-order valence-corrected chi connectivity index (χ3v) is 3.07. The van der Waals surface area contributed by atoms with Gasteiger partial charge in [-0.25, -0.2) is 4.98 Å². The van der Waals surface area contributed by atoms with Gasteiger partial charge in [0.15, 0.2) is 0 Å². The molecular weight excluding hydrogens is 170 g/mol. The second-order valence-electron chi connectivity index (χ2n) is 2.77. The van der Waals surface area contributed by atoms with Gasteiger partial charge in [0, 0.05) is 6.07 Å². The van der Waals surface area contributed by atoms with Gasteiger partial charge in [0.25, 0.3) is 0 Å². The number of aromatic nitrogens is 1. The number of fused-ring (bicyclic) bond motifs is 1. The third-order valence-electron chi connectivity index (χ3n) is 1.95. The summed E-state index contributed by atoms with van der Waals surface area (Å²) in [4.78, 5) is 4.37. The van der Waals surface area contributed by atoms with Gasteiger partial charge < -0.3 is 4.74 Å². The number of methoxy groups -OCH3 is 1. The Hall–Kier alpha value is -0.700. The molecule has 0 unspecified atom stereocenters. The lowest BCUT2D eigenvalue weighted by Crippen LogP contribution is -2.01. The lowest BCUT2D eigenvalue weighted by molar-refractivity contribution is 0.393. The van der Waals surface area contributed by atoms with Crippen LogP contribution >= 0.6 is 11.8 Å². The molecule has 2 nitrogen and oxygen atoms in total. The molecule has 0 saturated carbocycles. The van der Waals surface area contributed by atoms with E-state index >= 15 is 0 Å². The summed E-state index contributed by atoms with van der Waals surface area (Å²) in [5, 5.41) is 1.15. The highest BCUT2D eigenvalue weighted by Gasteiger charge is 2.11. The molecule has 0 bridgehead atoms. The molecule has 0 aromatic carbocycles. The van der Waals surface area contributed by atoms with E-state index in [-0.39, 0.29) is 0 Å². The Kier molecular flexibility index (Phi) is 2.21. The van der Waals surface area contributed by atoms with Gasteiger partial charge in [0.1, 0.15) is 5.03 Å². The largest absolute Gasteiger partial charge is 0.481 e. The van der Waals surface area contributed by atoms with Crippen LogP contribution in [0.25, 0.3) is 0 Å². The minimum atomic E-state index is 0.725. The highest BCUT2D eigenvalue weighted by atomic mass is 32.2. The summed E-state index contributed by atoms with van der Waals surface area (Å²) < 4.78 is 5.06. The van der Waals surface area contributed by atoms with E-state index < -0.39 is 0 Å². The SMILES string of the molecule is COc1ccc2c(n1)SCCC2. The quantitative estimate of drug-likeness (QED) is 0.662. The van der Waals surface area contributed by atoms with Crippen LogP contribution in [0.2, 0.25) is 0 Å². The zero-order valence-electron chi connectivity index (χ0n) is 7.04. The molecule has 12 heavy (non-hydrogen) atoms. The first-order valence-electron chi connectivity index (χ1n) is 4.07. The first-order valence-corrected chi connectivity index (χ1v) is 5.05. The van der Waals surface area contributed by atoms with E-state index in [4.69, 9.17) is 4.74 Å². The van der Waals surface area contributed by atoms with Gasteiger partial charge in [-0.3, -0.25) is 0 Å². The van der Waals surface area contributed by atoms with E-state index in [2.05, 4.69) is 11.1 Å². The molecule has 3 heteroatoms. The van der Waals surface area contributed by atoms with E-state index in [0.717, 1.165) is 10.9 Å². The maximum Gasteiger partial charge on any atom is 0.213 e. The molecule has 0 aliphatic carbocycles. The number of rotatable bonds is 1. The first-order chi connectivity index (χ1) is 5.90. The monoisotopic (exact) mass is 181 g/mol. The number of thioether (sulfide) groups is 1. The van der Waals surface area contributed by atoms with Gasteiger partial charge in [-0.2, -0.15) is 0 Å². The zero-order chi connectivity index (χ0) is 8.39. The number of hydrogen-bond donors (Lipinski definition) is 0. The van der Waals surface area contributed by atoms with Crippen LogP contribution in [0.4, 0.5) is 0 Å². The third kappa shape index (κ3) is 1.41. The zero-order valence-corrected chi connectivity index (χ0v) is 7.86. The number of ether oxygens (including phenoxy) is 1. The van der Waals surface area contributed by atoms with Crippen molar-refractivity contribution >= 4 is 11.8 Å². The molecule has 64 valence electrons. The molecule has 0 N–H and O–H groups in total. The van der Waals surface area contributed by atoms with Crippen LogP contribution in [0.15, 0.2) is 17.2 Å². The Morgan fingerprint density at radius 2 is 2.42 bits per heavy atom. The van der Waals surface area contributed by atoms with E-state index in [1.165, 1.54) is 24.2 Å². The van der Waals surface area contributed by atoms with Crippen LogP contribution in [0, 0.1) is 0 Å². The molecule has 0 spiro atoms. The minimum Gasteiger partial charge on any atom is -0.481 e. The predicted octanol–water partition coefficient (Wildman–Crippen LogP) is 2.13. The van der Waals surface area contributed by atoms with Crippen LogP contribution in [0.1, 0.15) is 12.0 Å². The fourth-order valence-corrected chi connectivity index (χ4v) is 2.30. The Balaban J connectivity index is 2.36. The van der Waals surface area contributed by atoms with Crippen LogP contribution in [-0.2, 0) is 6.42 Å². The molecule has 1 aromatic heterocycles. The van der Waals surface area contributed by atoms with Crippen molar-refractivity contribution in [2.75, 3.05) is 12.9 Å². The van der Waals surface area contributed by atoms with Crippen LogP contribution in [0.5, 0.6) is 5.88 Å². The van der Waals surface area contributed by atoms with Crippen molar-refractivity contribution in [1.82, 2.24) is 4.98 Å². The average molecular weight is 181 g/mol. The maximum atomic E-state index is 5.06. The smallest absolute Gasteiger partial charge is 0.213 e. The van der Waals surface area contributed by atoms with E-state index in [9.17, 15) is 0 Å². The maximum absolute atomic E-state index is 5.06. The number of aryl methyl sites for hydroxylation is 1. The molecule has 1 aromatic rings. The molecule has 0 saturated heterocycles. The van der Waals surface area contributed by atoms with Gasteiger partial charge in [-0.1, -0.05) is 6.07 Å². The van der Waals surface area contributed by atoms with Crippen molar-refractivity contribution < 1.29 is 4.74 Å². The van der Waals surface area contributed by atoms with Crippen LogP contribution in [0.3, 0.4) is 0 Å². The Morgan fingerprint density at radius 3 is 3.25 bits per heavy atom. The Bertz CT molecular complexity index is 288. The van der Waals surface area contributed by atoms with Crippen molar-refractivity contribution in [1.29, 1.82) is 0 Å². The van der Waals surface area contributed by atoms with E-state index in [1.807, 2.05) is 17.8 Å². The topological polar surface area (TPSA) is 22.1 Å². The summed E-state index contributed by atoms with van der Waals surface area (Å²) in [5.41, 5.74) is 1.37. The number of pyridine rings is 1. The highest BCUT2D eigenvalue weighted by molar-refractivity contribution is 7.99. The minimum absolute atomic E-state index is 0.725. The summed E-state index contributed by atoms with van der Waals surface area (Å²) in [6, 6.07) is 4.05. The van der Waals surface area contributed by atoms with Gasteiger partial charge in [-0.15, -0.1) is 11.8 Å². The fourth-order valence-electron chi connectivity index (χ4n) is 1.31. The summed E-state index contributed by atoms with van der Waals surface area (Å²) in [6.07, 6.45) is 2.44. The number of hydrogen-bond acceptors (Lipinski definition) is 3. The van der Waals surface area contributed by atoms with Crippen molar-refractivity contribution in [3.8, 4) is 5.88 Å². The Morgan fingerprint density at radius 1 is 1.50 bits per heavy atom. The lowest BCUT2D eigenvalue weighted by atomic mass is 10.2. The van der Waals surface area contributed by atoms with Crippen LogP contribution in [-0.4, -0.2) is 17.8 Å². The first kappa shape index (κ1) is 7.92. The summed E-state index contributed by atoms with van der Waals surface area (Å²) >= 11 is 1.83. The predicted molar refractivity (Wildman–Crippen MR) is 49.8 cm³/mol. The van der Waals surface area contributed by atoms with Gasteiger partial charge >= 0.3 is 0 Å². The fraction of sp³-hybridized carbons (Fsp3) is 0.444. The molecule has 1 aliphatic rings. The van der Waals surface area contributed by atoms with Crippen molar-refractivity contribution in [3.05, 3.63) is 17.7 Å².